The summed E-state index contributed by atoms with van der Waals surface area (Å²) in [7, 11) is 0. The van der Waals surface area contributed by atoms with Crippen molar-refractivity contribution in [1.82, 2.24) is 0 Å². The first-order valence-corrected chi connectivity index (χ1v) is 8.38. The Hall–Kier alpha value is -2.82. The van der Waals surface area contributed by atoms with Crippen LogP contribution in [-0.2, 0) is 16.0 Å². The van der Waals surface area contributed by atoms with Gasteiger partial charge < -0.3 is 15.2 Å². The van der Waals surface area contributed by atoms with Gasteiger partial charge in [0.15, 0.2) is 6.61 Å². The summed E-state index contributed by atoms with van der Waals surface area (Å²) >= 11 is 0. The van der Waals surface area contributed by atoms with Crippen molar-refractivity contribution >= 4 is 17.6 Å². The van der Waals surface area contributed by atoms with Gasteiger partial charge in [-0.15, -0.1) is 0 Å². The fourth-order valence-electron chi connectivity index (χ4n) is 3.26. The number of carbonyl (C=O) groups excluding carboxylic acids is 1. The van der Waals surface area contributed by atoms with Gasteiger partial charge in [0, 0.05) is 5.69 Å². The SMILES string of the molecule is Cc1cc(OCC(=O)O)ccc1NC(=O)C1CCCc2ccccc21. The Labute approximate surface area is 146 Å². The highest BCUT2D eigenvalue weighted by atomic mass is 16.5. The minimum Gasteiger partial charge on any atom is -0.482 e. The quantitative estimate of drug-likeness (QED) is 0.874. The number of hydrogen-bond donors (Lipinski definition) is 2. The fraction of sp³-hybridized carbons (Fsp3) is 0.300. The molecule has 2 aromatic rings. The maximum atomic E-state index is 12.8. The van der Waals surface area contributed by atoms with Crippen LogP contribution in [0.4, 0.5) is 5.69 Å². The number of carbonyl (C=O) groups is 2. The maximum Gasteiger partial charge on any atom is 0.341 e. The first-order chi connectivity index (χ1) is 12.0. The molecule has 0 bridgehead atoms. The van der Waals surface area contributed by atoms with Crippen LogP contribution < -0.4 is 10.1 Å². The summed E-state index contributed by atoms with van der Waals surface area (Å²) < 4.78 is 5.16. The van der Waals surface area contributed by atoms with Crippen molar-refractivity contribution in [3.63, 3.8) is 0 Å². The van der Waals surface area contributed by atoms with Crippen LogP contribution in [0.3, 0.4) is 0 Å². The Bertz CT molecular complexity index is 800. The van der Waals surface area contributed by atoms with E-state index < -0.39 is 5.97 Å². The molecule has 0 saturated heterocycles. The highest BCUT2D eigenvalue weighted by Gasteiger charge is 2.26. The number of aryl methyl sites for hydroxylation is 2. The topological polar surface area (TPSA) is 75.6 Å². The summed E-state index contributed by atoms with van der Waals surface area (Å²) in [5, 5.41) is 11.7. The Morgan fingerprint density at radius 3 is 2.80 bits per heavy atom. The Morgan fingerprint density at radius 2 is 2.04 bits per heavy atom. The van der Waals surface area contributed by atoms with Gasteiger partial charge >= 0.3 is 5.97 Å². The summed E-state index contributed by atoms with van der Waals surface area (Å²) in [6.45, 7) is 1.47. The van der Waals surface area contributed by atoms with Crippen molar-refractivity contribution in [3.05, 3.63) is 59.2 Å². The smallest absolute Gasteiger partial charge is 0.341 e. The number of anilines is 1. The number of carboxylic acid groups (broad SMARTS) is 1. The van der Waals surface area contributed by atoms with Crippen LogP contribution in [-0.4, -0.2) is 23.6 Å². The molecule has 2 aromatic carbocycles. The predicted octanol–water partition coefficient (Wildman–Crippen LogP) is 3.52. The number of hydrogen-bond acceptors (Lipinski definition) is 3. The molecule has 130 valence electrons. The van der Waals surface area contributed by atoms with Crippen LogP contribution in [0.25, 0.3) is 0 Å². The third-order valence-electron chi connectivity index (χ3n) is 4.50. The molecule has 5 heteroatoms. The van der Waals surface area contributed by atoms with Crippen molar-refractivity contribution in [1.29, 1.82) is 0 Å². The number of rotatable bonds is 5. The summed E-state index contributed by atoms with van der Waals surface area (Å²) in [4.78, 5) is 23.3. The van der Waals surface area contributed by atoms with Gasteiger partial charge in [0.05, 0.1) is 5.92 Å². The summed E-state index contributed by atoms with van der Waals surface area (Å²) in [5.41, 5.74) is 3.92. The lowest BCUT2D eigenvalue weighted by Gasteiger charge is -2.25. The van der Waals surface area contributed by atoms with E-state index in [9.17, 15) is 9.59 Å². The van der Waals surface area contributed by atoms with Crippen molar-refractivity contribution < 1.29 is 19.4 Å². The lowest BCUT2D eigenvalue weighted by Crippen LogP contribution is -2.25. The van der Waals surface area contributed by atoms with Crippen molar-refractivity contribution in [2.45, 2.75) is 32.1 Å². The Morgan fingerprint density at radius 1 is 1.24 bits per heavy atom. The molecule has 1 aliphatic rings. The van der Waals surface area contributed by atoms with Crippen LogP contribution >= 0.6 is 0 Å². The zero-order valence-electron chi connectivity index (χ0n) is 14.1. The van der Waals surface area contributed by atoms with Crippen molar-refractivity contribution in [2.75, 3.05) is 11.9 Å². The molecule has 0 heterocycles. The minimum atomic E-state index is -1.02. The number of fused-ring (bicyclic) bond motifs is 1. The van der Waals surface area contributed by atoms with E-state index in [2.05, 4.69) is 11.4 Å². The number of benzene rings is 2. The molecule has 1 amide bonds. The lowest BCUT2D eigenvalue weighted by molar-refractivity contribution is -0.139. The summed E-state index contributed by atoms with van der Waals surface area (Å²) in [5.74, 6) is -0.686. The molecule has 0 radical (unpaired) electrons. The molecule has 25 heavy (non-hydrogen) atoms. The van der Waals surface area contributed by atoms with Gasteiger partial charge in [-0.3, -0.25) is 4.79 Å². The van der Waals surface area contributed by atoms with E-state index in [1.54, 1.807) is 18.2 Å². The summed E-state index contributed by atoms with van der Waals surface area (Å²) in [6.07, 6.45) is 2.88. The Balaban J connectivity index is 1.72. The van der Waals surface area contributed by atoms with E-state index in [0.717, 1.165) is 36.1 Å². The van der Waals surface area contributed by atoms with E-state index in [0.29, 0.717) is 5.75 Å². The largest absolute Gasteiger partial charge is 0.482 e. The normalized spacial score (nSPS) is 16.0. The summed E-state index contributed by atoms with van der Waals surface area (Å²) in [6, 6.07) is 13.3. The van der Waals surface area contributed by atoms with Crippen LogP contribution in [0.1, 0.15) is 35.4 Å². The highest BCUT2D eigenvalue weighted by molar-refractivity contribution is 5.96. The van der Waals surface area contributed by atoms with Gasteiger partial charge in [-0.1, -0.05) is 24.3 Å². The van der Waals surface area contributed by atoms with Gasteiger partial charge in [-0.05, 0) is 61.1 Å². The zero-order chi connectivity index (χ0) is 17.8. The first-order valence-electron chi connectivity index (χ1n) is 8.38. The van der Waals surface area contributed by atoms with E-state index in [-0.39, 0.29) is 18.4 Å². The average Bonchev–Trinajstić information content (AvgIpc) is 2.61. The van der Waals surface area contributed by atoms with Gasteiger partial charge in [0.25, 0.3) is 0 Å². The molecular weight excluding hydrogens is 318 g/mol. The molecular formula is C20H21NO4. The second kappa shape index (κ2) is 7.38. The van der Waals surface area contributed by atoms with Crippen LogP contribution in [0.5, 0.6) is 5.75 Å². The van der Waals surface area contributed by atoms with Crippen LogP contribution in [0.15, 0.2) is 42.5 Å². The van der Waals surface area contributed by atoms with E-state index in [1.165, 1.54) is 5.56 Å². The van der Waals surface area contributed by atoms with Crippen LogP contribution in [0, 0.1) is 6.92 Å². The minimum absolute atomic E-state index is 0.00513. The monoisotopic (exact) mass is 339 g/mol. The molecule has 1 unspecified atom stereocenters. The number of nitrogens with one attached hydrogen (secondary N) is 1. The molecule has 5 nitrogen and oxygen atoms in total. The Kier molecular flexibility index (Phi) is 5.03. The highest BCUT2D eigenvalue weighted by Crippen LogP contribution is 2.33. The van der Waals surface area contributed by atoms with Gasteiger partial charge in [0.1, 0.15) is 5.75 Å². The third kappa shape index (κ3) is 3.99. The predicted molar refractivity (Wildman–Crippen MR) is 95.1 cm³/mol. The molecule has 0 spiro atoms. The first kappa shape index (κ1) is 17.0. The second-order valence-corrected chi connectivity index (χ2v) is 6.29. The molecule has 0 aliphatic heterocycles. The molecule has 3 rings (SSSR count). The van der Waals surface area contributed by atoms with E-state index in [1.807, 2.05) is 25.1 Å². The fourth-order valence-corrected chi connectivity index (χ4v) is 3.26. The number of aliphatic carboxylic acids is 1. The third-order valence-corrected chi connectivity index (χ3v) is 4.50. The molecule has 0 fully saturated rings. The molecule has 0 aromatic heterocycles. The molecule has 2 N–H and O–H groups in total. The number of amides is 1. The van der Waals surface area contributed by atoms with Gasteiger partial charge in [-0.25, -0.2) is 4.79 Å². The number of ether oxygens (including phenoxy) is 1. The van der Waals surface area contributed by atoms with E-state index >= 15 is 0 Å². The molecule has 1 aliphatic carbocycles. The second-order valence-electron chi connectivity index (χ2n) is 6.29. The molecule has 0 saturated carbocycles. The number of carboxylic acids is 1. The average molecular weight is 339 g/mol. The lowest BCUT2D eigenvalue weighted by atomic mass is 9.82. The van der Waals surface area contributed by atoms with Crippen LogP contribution in [0.2, 0.25) is 0 Å². The maximum absolute atomic E-state index is 12.8. The standard InChI is InChI=1S/C20H21NO4/c1-13-11-15(25-12-19(22)23)9-10-18(13)21-20(24)17-8-4-6-14-5-2-3-7-16(14)17/h2-3,5,7,9-11,17H,4,6,8,12H2,1H3,(H,21,24)(H,22,23). The van der Waals surface area contributed by atoms with Gasteiger partial charge in [-0.2, -0.15) is 0 Å². The van der Waals surface area contributed by atoms with Gasteiger partial charge in [0.2, 0.25) is 5.91 Å². The van der Waals surface area contributed by atoms with Crippen molar-refractivity contribution in [2.24, 2.45) is 0 Å². The molecule has 1 atom stereocenters. The van der Waals surface area contributed by atoms with Crippen molar-refractivity contribution in [3.8, 4) is 5.75 Å². The van der Waals surface area contributed by atoms with E-state index in [4.69, 9.17) is 9.84 Å². The zero-order valence-corrected chi connectivity index (χ0v) is 14.1.